The Kier molecular flexibility index (Phi) is 7.20. The van der Waals surface area contributed by atoms with Gasteiger partial charge in [-0.3, -0.25) is 4.79 Å². The van der Waals surface area contributed by atoms with Crippen LogP contribution < -0.4 is 20.1 Å². The lowest BCUT2D eigenvalue weighted by atomic mass is 10.1. The van der Waals surface area contributed by atoms with Gasteiger partial charge in [0, 0.05) is 17.9 Å². The first-order chi connectivity index (χ1) is 14.5. The van der Waals surface area contributed by atoms with Gasteiger partial charge in [-0.25, -0.2) is 0 Å². The number of ether oxygens (including phenoxy) is 2. The Morgan fingerprint density at radius 2 is 1.83 bits per heavy atom. The number of anilines is 2. The molecule has 0 unspecified atom stereocenters. The summed E-state index contributed by atoms with van der Waals surface area (Å²) in [4.78, 5) is 12.2. The van der Waals surface area contributed by atoms with Crippen LogP contribution in [0.3, 0.4) is 0 Å². The highest BCUT2D eigenvalue weighted by Crippen LogP contribution is 2.36. The number of hydrogen-bond donors (Lipinski definition) is 2. The summed E-state index contributed by atoms with van der Waals surface area (Å²) in [5.74, 6) is 0.551. The lowest BCUT2D eigenvalue weighted by Crippen LogP contribution is -2.20. The number of carbonyl (C=O) groups is 1. The number of amides is 1. The van der Waals surface area contributed by atoms with Crippen molar-refractivity contribution in [2.24, 2.45) is 0 Å². The SMILES string of the molecule is COc1cc(CNc2ccccc2C)cc(Cl)c1OCC(=O)Nc1cccc(C)c1. The van der Waals surface area contributed by atoms with E-state index < -0.39 is 0 Å². The number of hydrogen-bond acceptors (Lipinski definition) is 4. The van der Waals surface area contributed by atoms with Gasteiger partial charge in [-0.05, 0) is 60.9 Å². The van der Waals surface area contributed by atoms with Crippen molar-refractivity contribution in [1.82, 2.24) is 0 Å². The zero-order chi connectivity index (χ0) is 21.5. The first kappa shape index (κ1) is 21.5. The van der Waals surface area contributed by atoms with Crippen molar-refractivity contribution >= 4 is 28.9 Å². The molecule has 156 valence electrons. The van der Waals surface area contributed by atoms with E-state index in [9.17, 15) is 4.79 Å². The van der Waals surface area contributed by atoms with E-state index >= 15 is 0 Å². The summed E-state index contributed by atoms with van der Waals surface area (Å²) in [6.45, 7) is 4.42. The maximum atomic E-state index is 12.2. The fourth-order valence-corrected chi connectivity index (χ4v) is 3.33. The highest BCUT2D eigenvalue weighted by atomic mass is 35.5. The molecule has 1 amide bonds. The third-order valence-corrected chi connectivity index (χ3v) is 4.85. The molecular weight excluding hydrogens is 400 g/mol. The smallest absolute Gasteiger partial charge is 0.262 e. The second kappa shape index (κ2) is 10.0. The third-order valence-electron chi connectivity index (χ3n) is 4.57. The molecule has 0 heterocycles. The number of nitrogens with one attached hydrogen (secondary N) is 2. The predicted octanol–water partition coefficient (Wildman–Crippen LogP) is 5.60. The van der Waals surface area contributed by atoms with Crippen LogP contribution in [0.4, 0.5) is 11.4 Å². The number of methoxy groups -OCH3 is 1. The summed E-state index contributed by atoms with van der Waals surface area (Å²) in [6.07, 6.45) is 0. The van der Waals surface area contributed by atoms with E-state index in [-0.39, 0.29) is 12.5 Å². The first-order valence-electron chi connectivity index (χ1n) is 9.61. The second-order valence-electron chi connectivity index (χ2n) is 6.98. The molecule has 0 aromatic heterocycles. The summed E-state index contributed by atoms with van der Waals surface area (Å²) in [7, 11) is 1.55. The van der Waals surface area contributed by atoms with Crippen LogP contribution in [0.2, 0.25) is 5.02 Å². The van der Waals surface area contributed by atoms with E-state index in [1.807, 2.05) is 61.5 Å². The lowest BCUT2D eigenvalue weighted by Gasteiger charge is -2.15. The molecule has 2 N–H and O–H groups in total. The Morgan fingerprint density at radius 1 is 1.03 bits per heavy atom. The molecule has 0 aliphatic carbocycles. The molecule has 5 nitrogen and oxygen atoms in total. The summed E-state index contributed by atoms with van der Waals surface area (Å²) >= 11 is 6.43. The maximum Gasteiger partial charge on any atom is 0.262 e. The van der Waals surface area contributed by atoms with Crippen molar-refractivity contribution < 1.29 is 14.3 Å². The average Bonchev–Trinajstić information content (AvgIpc) is 2.72. The van der Waals surface area contributed by atoms with Gasteiger partial charge in [-0.1, -0.05) is 41.9 Å². The van der Waals surface area contributed by atoms with Crippen LogP contribution >= 0.6 is 11.6 Å². The van der Waals surface area contributed by atoms with E-state index in [4.69, 9.17) is 21.1 Å². The van der Waals surface area contributed by atoms with E-state index in [1.54, 1.807) is 7.11 Å². The minimum absolute atomic E-state index is 0.176. The molecule has 0 saturated carbocycles. The van der Waals surface area contributed by atoms with Crippen molar-refractivity contribution in [1.29, 1.82) is 0 Å². The minimum atomic E-state index is -0.274. The lowest BCUT2D eigenvalue weighted by molar-refractivity contribution is -0.118. The molecule has 0 aliphatic heterocycles. The van der Waals surface area contributed by atoms with E-state index in [1.165, 1.54) is 0 Å². The van der Waals surface area contributed by atoms with E-state index in [2.05, 4.69) is 23.6 Å². The number of para-hydroxylation sites is 1. The molecule has 0 fully saturated rings. The molecule has 0 atom stereocenters. The Morgan fingerprint density at radius 3 is 2.57 bits per heavy atom. The number of aryl methyl sites for hydroxylation is 2. The maximum absolute atomic E-state index is 12.2. The van der Waals surface area contributed by atoms with Gasteiger partial charge in [-0.15, -0.1) is 0 Å². The molecule has 30 heavy (non-hydrogen) atoms. The highest BCUT2D eigenvalue weighted by molar-refractivity contribution is 6.32. The van der Waals surface area contributed by atoms with Crippen molar-refractivity contribution in [3.8, 4) is 11.5 Å². The number of carbonyl (C=O) groups excluding carboxylic acids is 1. The summed E-state index contributed by atoms with van der Waals surface area (Å²) in [6, 6.07) is 19.3. The van der Waals surface area contributed by atoms with Gasteiger partial charge >= 0.3 is 0 Å². The largest absolute Gasteiger partial charge is 0.493 e. The fourth-order valence-electron chi connectivity index (χ4n) is 3.04. The number of halogens is 1. The van der Waals surface area contributed by atoms with Crippen molar-refractivity contribution in [2.45, 2.75) is 20.4 Å². The molecule has 0 radical (unpaired) electrons. The van der Waals surface area contributed by atoms with Crippen molar-refractivity contribution in [3.05, 3.63) is 82.4 Å². The van der Waals surface area contributed by atoms with Crippen LogP contribution in [0.1, 0.15) is 16.7 Å². The molecule has 3 aromatic carbocycles. The van der Waals surface area contributed by atoms with Crippen molar-refractivity contribution in [2.75, 3.05) is 24.4 Å². The monoisotopic (exact) mass is 424 g/mol. The Balaban J connectivity index is 1.65. The van der Waals surface area contributed by atoms with Gasteiger partial charge in [0.15, 0.2) is 18.1 Å². The van der Waals surface area contributed by atoms with Crippen LogP contribution in [0.15, 0.2) is 60.7 Å². The molecule has 0 spiro atoms. The normalized spacial score (nSPS) is 10.4. The quantitative estimate of drug-likeness (QED) is 0.494. The van der Waals surface area contributed by atoms with Crippen LogP contribution in [-0.2, 0) is 11.3 Å². The van der Waals surface area contributed by atoms with Crippen molar-refractivity contribution in [3.63, 3.8) is 0 Å². The standard InChI is InChI=1S/C24H25ClN2O3/c1-16-7-6-9-19(11-16)27-23(28)15-30-24-20(25)12-18(13-22(24)29-3)14-26-21-10-5-4-8-17(21)2/h4-13,26H,14-15H2,1-3H3,(H,27,28). The van der Waals surface area contributed by atoms with E-state index in [0.29, 0.717) is 23.1 Å². The molecule has 3 rings (SSSR count). The Hall–Kier alpha value is -3.18. The van der Waals surface area contributed by atoms with Gasteiger partial charge in [-0.2, -0.15) is 0 Å². The van der Waals surface area contributed by atoms with Gasteiger partial charge < -0.3 is 20.1 Å². The zero-order valence-corrected chi connectivity index (χ0v) is 18.0. The van der Waals surface area contributed by atoms with Crippen LogP contribution in [0.5, 0.6) is 11.5 Å². The minimum Gasteiger partial charge on any atom is -0.493 e. The zero-order valence-electron chi connectivity index (χ0n) is 17.3. The van der Waals surface area contributed by atoms with E-state index in [0.717, 1.165) is 28.1 Å². The molecular formula is C24H25ClN2O3. The average molecular weight is 425 g/mol. The molecule has 0 saturated heterocycles. The topological polar surface area (TPSA) is 59.6 Å². The molecule has 0 aliphatic rings. The molecule has 0 bridgehead atoms. The number of rotatable bonds is 8. The summed E-state index contributed by atoms with van der Waals surface area (Å²) in [5, 5.41) is 6.59. The third kappa shape index (κ3) is 5.67. The van der Waals surface area contributed by atoms with Gasteiger partial charge in [0.2, 0.25) is 0 Å². The van der Waals surface area contributed by atoms with Crippen LogP contribution in [0, 0.1) is 13.8 Å². The Bertz CT molecular complexity index is 1040. The fraction of sp³-hybridized carbons (Fsp3) is 0.208. The molecule has 3 aromatic rings. The Labute approximate surface area is 182 Å². The van der Waals surface area contributed by atoms with Crippen LogP contribution in [0.25, 0.3) is 0 Å². The van der Waals surface area contributed by atoms with Gasteiger partial charge in [0.1, 0.15) is 0 Å². The van der Waals surface area contributed by atoms with Gasteiger partial charge in [0.25, 0.3) is 5.91 Å². The highest BCUT2D eigenvalue weighted by Gasteiger charge is 2.14. The van der Waals surface area contributed by atoms with Crippen LogP contribution in [-0.4, -0.2) is 19.6 Å². The number of benzene rings is 3. The second-order valence-corrected chi connectivity index (χ2v) is 7.39. The predicted molar refractivity (Wildman–Crippen MR) is 122 cm³/mol. The van der Waals surface area contributed by atoms with Gasteiger partial charge in [0.05, 0.1) is 12.1 Å². The molecule has 6 heteroatoms. The summed E-state index contributed by atoms with van der Waals surface area (Å²) in [5.41, 5.74) is 4.94. The summed E-state index contributed by atoms with van der Waals surface area (Å²) < 4.78 is 11.1. The first-order valence-corrected chi connectivity index (χ1v) is 9.99.